The number of halogens is 1. The molecule has 0 spiro atoms. The molecule has 1 rings (SSSR count). The van der Waals surface area contributed by atoms with Crippen molar-refractivity contribution in [2.45, 2.75) is 40.2 Å². The average Bonchev–Trinajstić information content (AvgIpc) is 2.18. The van der Waals surface area contributed by atoms with Gasteiger partial charge in [-0.1, -0.05) is 26.8 Å². The van der Waals surface area contributed by atoms with Crippen LogP contribution in [0, 0.1) is 5.41 Å². The predicted molar refractivity (Wildman–Crippen MR) is 76.3 cm³/mol. The van der Waals surface area contributed by atoms with Gasteiger partial charge >= 0.3 is 0 Å². The molecule has 0 radical (unpaired) electrons. The second-order valence-electron chi connectivity index (χ2n) is 5.49. The SMILES string of the molecule is CCOc1ccc(C(N)CC(C)(C)C)cc1Br. The van der Waals surface area contributed by atoms with Crippen molar-refractivity contribution in [3.05, 3.63) is 28.2 Å². The highest BCUT2D eigenvalue weighted by Gasteiger charge is 2.17. The zero-order chi connectivity index (χ0) is 13.1. The smallest absolute Gasteiger partial charge is 0.133 e. The van der Waals surface area contributed by atoms with Crippen LogP contribution < -0.4 is 10.5 Å². The van der Waals surface area contributed by atoms with Gasteiger partial charge in [-0.05, 0) is 52.4 Å². The summed E-state index contributed by atoms with van der Waals surface area (Å²) < 4.78 is 6.46. The number of benzene rings is 1. The van der Waals surface area contributed by atoms with Gasteiger partial charge in [0, 0.05) is 6.04 Å². The van der Waals surface area contributed by atoms with Crippen molar-refractivity contribution in [3.8, 4) is 5.75 Å². The van der Waals surface area contributed by atoms with E-state index in [2.05, 4.69) is 42.8 Å². The van der Waals surface area contributed by atoms with Gasteiger partial charge in [0.15, 0.2) is 0 Å². The van der Waals surface area contributed by atoms with Gasteiger partial charge in [-0.25, -0.2) is 0 Å². The van der Waals surface area contributed by atoms with Gasteiger partial charge in [0.2, 0.25) is 0 Å². The molecule has 17 heavy (non-hydrogen) atoms. The summed E-state index contributed by atoms with van der Waals surface area (Å²) in [4.78, 5) is 0. The Kier molecular flexibility index (Phi) is 5.02. The number of hydrogen-bond acceptors (Lipinski definition) is 2. The van der Waals surface area contributed by atoms with E-state index in [1.54, 1.807) is 0 Å². The van der Waals surface area contributed by atoms with Crippen LogP contribution in [0.1, 0.15) is 45.7 Å². The molecule has 0 fully saturated rings. The quantitative estimate of drug-likeness (QED) is 0.900. The third-order valence-electron chi connectivity index (χ3n) is 2.52. The van der Waals surface area contributed by atoms with Gasteiger partial charge in [-0.3, -0.25) is 0 Å². The third-order valence-corrected chi connectivity index (χ3v) is 3.14. The molecule has 1 aromatic rings. The van der Waals surface area contributed by atoms with E-state index in [4.69, 9.17) is 10.5 Å². The van der Waals surface area contributed by atoms with Crippen molar-refractivity contribution >= 4 is 15.9 Å². The number of ether oxygens (including phenoxy) is 1. The van der Waals surface area contributed by atoms with Crippen LogP contribution in [0.3, 0.4) is 0 Å². The Hall–Kier alpha value is -0.540. The zero-order valence-corrected chi connectivity index (χ0v) is 12.7. The largest absolute Gasteiger partial charge is 0.493 e. The van der Waals surface area contributed by atoms with E-state index in [-0.39, 0.29) is 11.5 Å². The predicted octanol–water partition coefficient (Wildman–Crippen LogP) is 4.28. The van der Waals surface area contributed by atoms with E-state index >= 15 is 0 Å². The number of rotatable bonds is 4. The van der Waals surface area contributed by atoms with Gasteiger partial charge in [0.05, 0.1) is 11.1 Å². The molecule has 96 valence electrons. The van der Waals surface area contributed by atoms with E-state index in [1.807, 2.05) is 19.1 Å². The normalized spacial score (nSPS) is 13.5. The van der Waals surface area contributed by atoms with Gasteiger partial charge in [-0.2, -0.15) is 0 Å². The lowest BCUT2D eigenvalue weighted by Crippen LogP contribution is -2.18. The molecule has 0 aliphatic rings. The number of hydrogen-bond donors (Lipinski definition) is 1. The first-order valence-corrected chi connectivity index (χ1v) is 6.80. The van der Waals surface area contributed by atoms with Gasteiger partial charge < -0.3 is 10.5 Å². The highest BCUT2D eigenvalue weighted by Crippen LogP contribution is 2.32. The van der Waals surface area contributed by atoms with Crippen molar-refractivity contribution < 1.29 is 4.74 Å². The molecule has 0 saturated heterocycles. The van der Waals surface area contributed by atoms with Crippen molar-refractivity contribution in [1.29, 1.82) is 0 Å². The lowest BCUT2D eigenvalue weighted by Gasteiger charge is -2.23. The molecule has 0 bridgehead atoms. The summed E-state index contributed by atoms with van der Waals surface area (Å²) in [5, 5.41) is 0. The first-order chi connectivity index (χ1) is 7.83. The molecule has 0 aliphatic carbocycles. The van der Waals surface area contributed by atoms with E-state index in [9.17, 15) is 0 Å². The molecule has 0 aliphatic heterocycles. The van der Waals surface area contributed by atoms with E-state index in [0.29, 0.717) is 6.61 Å². The second kappa shape index (κ2) is 5.87. The van der Waals surface area contributed by atoms with Crippen molar-refractivity contribution in [3.63, 3.8) is 0 Å². The maximum Gasteiger partial charge on any atom is 0.133 e. The highest BCUT2D eigenvalue weighted by molar-refractivity contribution is 9.10. The lowest BCUT2D eigenvalue weighted by atomic mass is 9.86. The summed E-state index contributed by atoms with van der Waals surface area (Å²) in [6.07, 6.45) is 0.966. The second-order valence-corrected chi connectivity index (χ2v) is 6.35. The van der Waals surface area contributed by atoms with E-state index < -0.39 is 0 Å². The molecule has 1 aromatic carbocycles. The Labute approximate surface area is 113 Å². The number of nitrogens with two attached hydrogens (primary N) is 1. The molecular weight excluding hydrogens is 278 g/mol. The van der Waals surface area contributed by atoms with E-state index in [0.717, 1.165) is 22.2 Å². The first kappa shape index (κ1) is 14.5. The molecule has 0 saturated carbocycles. The molecule has 2 nitrogen and oxygen atoms in total. The van der Waals surface area contributed by atoms with Gasteiger partial charge in [0.1, 0.15) is 5.75 Å². The maximum atomic E-state index is 6.21. The summed E-state index contributed by atoms with van der Waals surface area (Å²) in [7, 11) is 0. The maximum absolute atomic E-state index is 6.21. The van der Waals surface area contributed by atoms with Crippen LogP contribution in [0.15, 0.2) is 22.7 Å². The molecule has 2 N–H and O–H groups in total. The van der Waals surface area contributed by atoms with Crippen molar-refractivity contribution in [2.75, 3.05) is 6.61 Å². The Bertz CT molecular complexity index is 371. The fourth-order valence-corrected chi connectivity index (χ4v) is 2.31. The van der Waals surface area contributed by atoms with E-state index in [1.165, 1.54) is 0 Å². The molecule has 1 unspecified atom stereocenters. The average molecular weight is 300 g/mol. The minimum atomic E-state index is 0.0713. The van der Waals surface area contributed by atoms with Gasteiger partial charge in [-0.15, -0.1) is 0 Å². The third kappa shape index (κ3) is 4.68. The molecule has 3 heteroatoms. The molecular formula is C14H22BrNO. The topological polar surface area (TPSA) is 35.2 Å². The minimum Gasteiger partial charge on any atom is -0.493 e. The molecule has 0 amide bonds. The standard InChI is InChI=1S/C14H22BrNO/c1-5-17-13-7-6-10(8-11(13)15)12(16)9-14(2,3)4/h6-8,12H,5,9,16H2,1-4H3. The molecule has 0 heterocycles. The first-order valence-electron chi connectivity index (χ1n) is 6.01. The van der Waals surface area contributed by atoms with Crippen LogP contribution in [0.25, 0.3) is 0 Å². The highest BCUT2D eigenvalue weighted by atomic mass is 79.9. The summed E-state index contributed by atoms with van der Waals surface area (Å²) in [5.41, 5.74) is 7.60. The summed E-state index contributed by atoms with van der Waals surface area (Å²) in [5.74, 6) is 0.874. The zero-order valence-electron chi connectivity index (χ0n) is 11.1. The van der Waals surface area contributed by atoms with Crippen molar-refractivity contribution in [1.82, 2.24) is 0 Å². The van der Waals surface area contributed by atoms with Crippen LogP contribution >= 0.6 is 15.9 Å². The van der Waals surface area contributed by atoms with Crippen LogP contribution in [-0.2, 0) is 0 Å². The molecule has 1 atom stereocenters. The van der Waals surface area contributed by atoms with Crippen LogP contribution in [0.2, 0.25) is 0 Å². The van der Waals surface area contributed by atoms with Gasteiger partial charge in [0.25, 0.3) is 0 Å². The van der Waals surface area contributed by atoms with Crippen LogP contribution in [0.4, 0.5) is 0 Å². The van der Waals surface area contributed by atoms with Crippen LogP contribution in [0.5, 0.6) is 5.75 Å². The molecule has 0 aromatic heterocycles. The minimum absolute atomic E-state index is 0.0713. The Morgan fingerprint density at radius 2 is 2.00 bits per heavy atom. The monoisotopic (exact) mass is 299 g/mol. The van der Waals surface area contributed by atoms with Crippen LogP contribution in [-0.4, -0.2) is 6.61 Å². The Morgan fingerprint density at radius 3 is 2.47 bits per heavy atom. The summed E-state index contributed by atoms with van der Waals surface area (Å²) in [6.45, 7) is 9.26. The lowest BCUT2D eigenvalue weighted by molar-refractivity contribution is 0.335. The fraction of sp³-hybridized carbons (Fsp3) is 0.571. The van der Waals surface area contributed by atoms with Crippen molar-refractivity contribution in [2.24, 2.45) is 11.1 Å². The summed E-state index contributed by atoms with van der Waals surface area (Å²) in [6, 6.07) is 6.15. The summed E-state index contributed by atoms with van der Waals surface area (Å²) >= 11 is 3.52. The Balaban J connectivity index is 2.82. The Morgan fingerprint density at radius 1 is 1.35 bits per heavy atom. The fourth-order valence-electron chi connectivity index (χ4n) is 1.80.